The van der Waals surface area contributed by atoms with E-state index in [4.69, 9.17) is 27.9 Å². The fourth-order valence-electron chi connectivity index (χ4n) is 5.40. The van der Waals surface area contributed by atoms with Gasteiger partial charge in [0.1, 0.15) is 0 Å². The lowest BCUT2D eigenvalue weighted by molar-refractivity contribution is -0.123. The van der Waals surface area contributed by atoms with Crippen molar-refractivity contribution in [1.82, 2.24) is 0 Å². The van der Waals surface area contributed by atoms with Crippen LogP contribution in [0.15, 0.2) is 48.5 Å². The number of carbonyl (C=O) groups is 4. The van der Waals surface area contributed by atoms with Gasteiger partial charge in [-0.05, 0) is 61.6 Å². The van der Waals surface area contributed by atoms with Crippen molar-refractivity contribution >= 4 is 58.3 Å². The normalized spacial score (nSPS) is 29.3. The molecular weight excluding hydrogens is 479 g/mol. The largest absolute Gasteiger partial charge is 0.452 e. The van der Waals surface area contributed by atoms with Crippen LogP contribution in [0.3, 0.4) is 0 Å². The van der Waals surface area contributed by atoms with E-state index in [-0.39, 0.29) is 40.0 Å². The van der Waals surface area contributed by atoms with Gasteiger partial charge < -0.3 is 10.1 Å². The first kappa shape index (κ1) is 22.9. The van der Waals surface area contributed by atoms with E-state index in [0.29, 0.717) is 17.8 Å². The summed E-state index contributed by atoms with van der Waals surface area (Å²) >= 11 is 12.8. The minimum atomic E-state index is -0.686. The zero-order chi connectivity index (χ0) is 24.1. The van der Waals surface area contributed by atoms with Crippen LogP contribution >= 0.6 is 23.2 Å². The molecule has 2 aromatic carbocycles. The van der Waals surface area contributed by atoms with E-state index in [1.807, 2.05) is 19.1 Å². The van der Waals surface area contributed by atoms with Gasteiger partial charge in [-0.25, -0.2) is 4.79 Å². The standard InChI is InChI=1S/C25H22Cl2N2O5/c1-12-2-6-14(7-3-12)28-18(30)11-34-25(33)13-4-8-15(9-5-13)29-23(31)19-16-10-17(20(19)24(29)32)22(27)21(16)26/h2-9,16-17,19-22H,10-11H2,1H3,(H,28,30)/t16-,17-,19-,20-,21+,22+/m1/s1. The van der Waals surface area contributed by atoms with Crippen LogP contribution < -0.4 is 10.2 Å². The van der Waals surface area contributed by atoms with Crippen molar-refractivity contribution in [3.05, 3.63) is 59.7 Å². The maximum atomic E-state index is 13.1. The number of hydrogen-bond donors (Lipinski definition) is 1. The number of aryl methyl sites for hydroxylation is 1. The van der Waals surface area contributed by atoms with E-state index in [1.54, 1.807) is 12.1 Å². The van der Waals surface area contributed by atoms with Gasteiger partial charge in [0.2, 0.25) is 11.8 Å². The number of halogens is 2. The first-order chi connectivity index (χ1) is 16.3. The average molecular weight is 501 g/mol. The third-order valence-corrected chi connectivity index (χ3v) is 8.34. The number of benzene rings is 2. The Bertz CT molecular complexity index is 1130. The van der Waals surface area contributed by atoms with Crippen LogP contribution in [0, 0.1) is 30.6 Å². The Hall–Kier alpha value is -2.90. The van der Waals surface area contributed by atoms with Gasteiger partial charge in [0.15, 0.2) is 6.61 Å². The number of alkyl halides is 2. The molecule has 0 radical (unpaired) electrons. The lowest BCUT2D eigenvalue weighted by Crippen LogP contribution is -2.37. The maximum Gasteiger partial charge on any atom is 0.338 e. The molecule has 3 aliphatic rings. The van der Waals surface area contributed by atoms with E-state index in [9.17, 15) is 19.2 Å². The summed E-state index contributed by atoms with van der Waals surface area (Å²) < 4.78 is 5.09. The van der Waals surface area contributed by atoms with Gasteiger partial charge in [-0.3, -0.25) is 19.3 Å². The average Bonchev–Trinajstić information content (AvgIpc) is 3.44. The van der Waals surface area contributed by atoms with Crippen molar-refractivity contribution in [3.8, 4) is 0 Å². The Labute approximate surface area is 206 Å². The Morgan fingerprint density at radius 2 is 1.50 bits per heavy atom. The molecule has 9 heteroatoms. The molecule has 176 valence electrons. The van der Waals surface area contributed by atoms with Gasteiger partial charge in [0.05, 0.1) is 33.8 Å². The quantitative estimate of drug-likeness (QED) is 0.383. The molecule has 7 nitrogen and oxygen atoms in total. The van der Waals surface area contributed by atoms with Gasteiger partial charge in [-0.2, -0.15) is 0 Å². The van der Waals surface area contributed by atoms with Gasteiger partial charge in [0.25, 0.3) is 5.91 Å². The van der Waals surface area contributed by atoms with Crippen LogP contribution in [-0.4, -0.2) is 41.1 Å². The van der Waals surface area contributed by atoms with Crippen molar-refractivity contribution in [2.75, 3.05) is 16.8 Å². The van der Waals surface area contributed by atoms with E-state index in [2.05, 4.69) is 5.32 Å². The predicted molar refractivity (Wildman–Crippen MR) is 127 cm³/mol. The number of nitrogens with zero attached hydrogens (tertiary/aromatic N) is 1. The number of hydrogen-bond acceptors (Lipinski definition) is 5. The van der Waals surface area contributed by atoms with E-state index in [0.717, 1.165) is 5.56 Å². The topological polar surface area (TPSA) is 92.8 Å². The summed E-state index contributed by atoms with van der Waals surface area (Å²) in [7, 11) is 0. The Morgan fingerprint density at radius 1 is 0.941 bits per heavy atom. The molecule has 2 aliphatic carbocycles. The van der Waals surface area contributed by atoms with Crippen LogP contribution in [0.2, 0.25) is 0 Å². The van der Waals surface area contributed by atoms with Crippen LogP contribution in [0.4, 0.5) is 11.4 Å². The third-order valence-electron chi connectivity index (χ3n) is 7.02. The molecule has 1 N–H and O–H groups in total. The SMILES string of the molecule is Cc1ccc(NC(=O)COC(=O)c2ccc(N3C(=O)[C@@H]4[C@H]5C[C@@H]([C@H](Cl)[C@H]5Cl)[C@H]4C3=O)cc2)cc1. The maximum absolute atomic E-state index is 13.1. The van der Waals surface area contributed by atoms with Crippen LogP contribution in [0.1, 0.15) is 22.3 Å². The van der Waals surface area contributed by atoms with Gasteiger partial charge in [0, 0.05) is 5.69 Å². The van der Waals surface area contributed by atoms with Crippen molar-refractivity contribution < 1.29 is 23.9 Å². The molecule has 3 fully saturated rings. The fourth-order valence-corrected chi connectivity index (χ4v) is 6.29. The van der Waals surface area contributed by atoms with Crippen molar-refractivity contribution in [2.45, 2.75) is 24.1 Å². The molecular formula is C25H22Cl2N2O5. The van der Waals surface area contributed by atoms with Crippen molar-refractivity contribution in [3.63, 3.8) is 0 Å². The predicted octanol–water partition coefficient (Wildman–Crippen LogP) is 3.76. The number of rotatable bonds is 5. The number of fused-ring (bicyclic) bond motifs is 5. The van der Waals surface area contributed by atoms with Crippen LogP contribution in [-0.2, 0) is 19.1 Å². The minimum absolute atomic E-state index is 0.0964. The second-order valence-corrected chi connectivity index (χ2v) is 10.1. The molecule has 0 spiro atoms. The summed E-state index contributed by atoms with van der Waals surface area (Å²) in [6.07, 6.45) is 0.700. The monoisotopic (exact) mass is 500 g/mol. The number of anilines is 2. The summed E-state index contributed by atoms with van der Waals surface area (Å²) in [4.78, 5) is 51.7. The van der Waals surface area contributed by atoms with Gasteiger partial charge in [-0.15, -0.1) is 23.2 Å². The van der Waals surface area contributed by atoms with Crippen molar-refractivity contribution in [2.24, 2.45) is 23.7 Å². The lowest BCUT2D eigenvalue weighted by Gasteiger charge is -2.28. The van der Waals surface area contributed by atoms with E-state index < -0.39 is 30.3 Å². The highest BCUT2D eigenvalue weighted by molar-refractivity contribution is 6.32. The molecule has 2 saturated carbocycles. The second-order valence-electron chi connectivity index (χ2n) is 9.05. The van der Waals surface area contributed by atoms with Crippen molar-refractivity contribution in [1.29, 1.82) is 0 Å². The molecule has 1 aliphatic heterocycles. The number of amides is 3. The zero-order valence-corrected chi connectivity index (χ0v) is 19.8. The molecule has 5 rings (SSSR count). The number of ether oxygens (including phenoxy) is 1. The highest BCUT2D eigenvalue weighted by atomic mass is 35.5. The van der Waals surface area contributed by atoms with Crippen LogP contribution in [0.25, 0.3) is 0 Å². The molecule has 1 saturated heterocycles. The zero-order valence-electron chi connectivity index (χ0n) is 18.2. The second kappa shape index (κ2) is 8.71. The summed E-state index contributed by atoms with van der Waals surface area (Å²) in [5.74, 6) is -2.74. The summed E-state index contributed by atoms with van der Waals surface area (Å²) in [5, 5.41) is 2.02. The molecule has 34 heavy (non-hydrogen) atoms. The highest BCUT2D eigenvalue weighted by Crippen LogP contribution is 2.59. The lowest BCUT2D eigenvalue weighted by atomic mass is 9.80. The molecule has 0 aromatic heterocycles. The number of esters is 1. The molecule has 6 atom stereocenters. The first-order valence-electron chi connectivity index (χ1n) is 11.1. The van der Waals surface area contributed by atoms with Gasteiger partial charge >= 0.3 is 5.97 Å². The Balaban J connectivity index is 1.21. The highest BCUT2D eigenvalue weighted by Gasteiger charge is 2.66. The third kappa shape index (κ3) is 3.77. The van der Waals surface area contributed by atoms with Gasteiger partial charge in [-0.1, -0.05) is 17.7 Å². The van der Waals surface area contributed by atoms with E-state index in [1.165, 1.54) is 29.2 Å². The smallest absolute Gasteiger partial charge is 0.338 e. The summed E-state index contributed by atoms with van der Waals surface area (Å²) in [6, 6.07) is 13.2. The number of carbonyl (C=O) groups excluding carboxylic acids is 4. The Morgan fingerprint density at radius 3 is 2.06 bits per heavy atom. The number of nitrogens with one attached hydrogen (secondary N) is 1. The minimum Gasteiger partial charge on any atom is -0.452 e. The van der Waals surface area contributed by atoms with Crippen LogP contribution in [0.5, 0.6) is 0 Å². The molecule has 2 bridgehead atoms. The molecule has 0 unspecified atom stereocenters. The molecule has 1 heterocycles. The first-order valence-corrected chi connectivity index (χ1v) is 11.9. The molecule has 2 aromatic rings. The fraction of sp³-hybridized carbons (Fsp3) is 0.360. The summed E-state index contributed by atoms with van der Waals surface area (Å²) in [6.45, 7) is 1.50. The summed E-state index contributed by atoms with van der Waals surface area (Å²) in [5.41, 5.74) is 2.25. The van der Waals surface area contributed by atoms with E-state index >= 15 is 0 Å². The number of imide groups is 1. The molecule has 3 amide bonds. The Kier molecular flexibility index (Phi) is 5.86.